The fourth-order valence-electron chi connectivity index (χ4n) is 2.60. The summed E-state index contributed by atoms with van der Waals surface area (Å²) in [4.78, 5) is 12.2. The lowest BCUT2D eigenvalue weighted by molar-refractivity contribution is -0.00361. The van der Waals surface area contributed by atoms with E-state index in [1.165, 1.54) is 0 Å². The van der Waals surface area contributed by atoms with Crippen LogP contribution in [0.3, 0.4) is 0 Å². The van der Waals surface area contributed by atoms with E-state index in [2.05, 4.69) is 10.6 Å². The molecule has 0 aliphatic carbocycles. The second-order valence-electron chi connectivity index (χ2n) is 4.89. The largest absolute Gasteiger partial charge is 0.494 e. The van der Waals surface area contributed by atoms with Crippen molar-refractivity contribution in [2.24, 2.45) is 0 Å². The van der Waals surface area contributed by atoms with Crippen LogP contribution in [0.1, 0.15) is 30.1 Å². The first kappa shape index (κ1) is 12.3. The number of carbonyl (C=O) groups is 1. The van der Waals surface area contributed by atoms with Gasteiger partial charge in [0, 0.05) is 25.9 Å². The molecule has 5 nitrogen and oxygen atoms in total. The fraction of sp³-hybridized carbons (Fsp3) is 0.500. The summed E-state index contributed by atoms with van der Waals surface area (Å²) in [7, 11) is 0. The van der Waals surface area contributed by atoms with Crippen LogP contribution in [-0.2, 0) is 0 Å². The predicted octanol–water partition coefficient (Wildman–Crippen LogP) is 1.29. The van der Waals surface area contributed by atoms with Gasteiger partial charge in [0.05, 0.1) is 12.2 Å². The number of rotatable bonds is 2. The zero-order chi connectivity index (χ0) is 13.3. The lowest BCUT2D eigenvalue weighted by atomic mass is 9.98. The molecule has 1 saturated heterocycles. The van der Waals surface area contributed by atoms with Crippen molar-refractivity contribution < 1.29 is 14.3 Å². The first-order valence-electron chi connectivity index (χ1n) is 6.71. The van der Waals surface area contributed by atoms with Crippen LogP contribution in [0, 0.1) is 0 Å². The van der Waals surface area contributed by atoms with Gasteiger partial charge in [-0.1, -0.05) is 0 Å². The van der Waals surface area contributed by atoms with Gasteiger partial charge in [0.1, 0.15) is 11.5 Å². The molecule has 2 aliphatic heterocycles. The minimum Gasteiger partial charge on any atom is -0.494 e. The molecule has 1 amide bonds. The molecule has 19 heavy (non-hydrogen) atoms. The Morgan fingerprint density at radius 2 is 2.16 bits per heavy atom. The molecule has 1 aromatic carbocycles. The second kappa shape index (κ2) is 4.74. The monoisotopic (exact) mass is 262 g/mol. The van der Waals surface area contributed by atoms with Gasteiger partial charge in [-0.3, -0.25) is 4.79 Å². The van der Waals surface area contributed by atoms with Gasteiger partial charge in [-0.2, -0.15) is 0 Å². The van der Waals surface area contributed by atoms with E-state index < -0.39 is 5.72 Å². The molecule has 0 saturated carbocycles. The summed E-state index contributed by atoms with van der Waals surface area (Å²) in [5, 5.41) is 6.27. The molecule has 3 rings (SSSR count). The third kappa shape index (κ3) is 2.26. The van der Waals surface area contributed by atoms with Crippen LogP contribution in [0.15, 0.2) is 18.2 Å². The molecule has 2 aliphatic rings. The summed E-state index contributed by atoms with van der Waals surface area (Å²) < 4.78 is 11.4. The van der Waals surface area contributed by atoms with Gasteiger partial charge in [-0.05, 0) is 25.1 Å². The van der Waals surface area contributed by atoms with Crippen molar-refractivity contribution in [3.63, 3.8) is 0 Å². The van der Waals surface area contributed by atoms with E-state index in [0.29, 0.717) is 23.7 Å². The first-order chi connectivity index (χ1) is 9.22. The van der Waals surface area contributed by atoms with Gasteiger partial charge in [-0.25, -0.2) is 0 Å². The minimum absolute atomic E-state index is 0.0790. The Labute approximate surface area is 112 Å². The van der Waals surface area contributed by atoms with Crippen LogP contribution in [0.2, 0.25) is 0 Å². The van der Waals surface area contributed by atoms with E-state index in [4.69, 9.17) is 9.47 Å². The summed E-state index contributed by atoms with van der Waals surface area (Å²) in [6, 6.07) is 5.40. The van der Waals surface area contributed by atoms with Crippen molar-refractivity contribution in [3.05, 3.63) is 23.8 Å². The normalized spacial score (nSPS) is 20.4. The molecule has 1 fully saturated rings. The Kier molecular flexibility index (Phi) is 3.06. The van der Waals surface area contributed by atoms with Crippen molar-refractivity contribution in [1.29, 1.82) is 0 Å². The summed E-state index contributed by atoms with van der Waals surface area (Å²) in [5.41, 5.74) is 0.0118. The van der Waals surface area contributed by atoms with Crippen molar-refractivity contribution >= 4 is 5.91 Å². The van der Waals surface area contributed by atoms with Crippen LogP contribution in [0.4, 0.5) is 0 Å². The summed E-state index contributed by atoms with van der Waals surface area (Å²) in [6.45, 7) is 4.20. The quantitative estimate of drug-likeness (QED) is 0.843. The van der Waals surface area contributed by atoms with Gasteiger partial charge >= 0.3 is 0 Å². The average Bonchev–Trinajstić information content (AvgIpc) is 2.41. The SMILES string of the molecule is CCOc1ccc2c(c1)C(=O)NC1(CCNCC1)O2. The third-order valence-corrected chi connectivity index (χ3v) is 3.56. The summed E-state index contributed by atoms with van der Waals surface area (Å²) in [6.07, 6.45) is 1.57. The number of amides is 1. The fourth-order valence-corrected chi connectivity index (χ4v) is 2.60. The lowest BCUT2D eigenvalue weighted by Gasteiger charge is -2.41. The Balaban J connectivity index is 1.90. The topological polar surface area (TPSA) is 59.6 Å². The molecule has 0 radical (unpaired) electrons. The number of nitrogens with one attached hydrogen (secondary N) is 2. The summed E-state index contributed by atoms with van der Waals surface area (Å²) in [5.74, 6) is 1.26. The molecule has 0 unspecified atom stereocenters. The van der Waals surface area contributed by atoms with E-state index >= 15 is 0 Å². The van der Waals surface area contributed by atoms with Gasteiger partial charge in [0.25, 0.3) is 5.91 Å². The molecule has 2 heterocycles. The Bertz CT molecular complexity index is 495. The van der Waals surface area contributed by atoms with E-state index in [9.17, 15) is 4.79 Å². The Morgan fingerprint density at radius 3 is 2.89 bits per heavy atom. The van der Waals surface area contributed by atoms with Crippen molar-refractivity contribution in [2.45, 2.75) is 25.5 Å². The van der Waals surface area contributed by atoms with E-state index in [1.807, 2.05) is 19.1 Å². The van der Waals surface area contributed by atoms with Gasteiger partial charge in [-0.15, -0.1) is 0 Å². The predicted molar refractivity (Wildman–Crippen MR) is 70.5 cm³/mol. The zero-order valence-electron chi connectivity index (χ0n) is 11.0. The van der Waals surface area contributed by atoms with Crippen molar-refractivity contribution in [3.8, 4) is 11.5 Å². The number of carbonyl (C=O) groups excluding carboxylic acids is 1. The number of ether oxygens (including phenoxy) is 2. The highest BCUT2D eigenvalue weighted by molar-refractivity contribution is 5.98. The minimum atomic E-state index is -0.539. The maximum atomic E-state index is 12.2. The van der Waals surface area contributed by atoms with Crippen molar-refractivity contribution in [1.82, 2.24) is 10.6 Å². The summed E-state index contributed by atoms with van der Waals surface area (Å²) >= 11 is 0. The van der Waals surface area contributed by atoms with Gasteiger partial charge in [0.15, 0.2) is 5.72 Å². The molecule has 5 heteroatoms. The molecule has 0 bridgehead atoms. The lowest BCUT2D eigenvalue weighted by Crippen LogP contribution is -2.60. The number of piperidine rings is 1. The highest BCUT2D eigenvalue weighted by atomic mass is 16.5. The average molecular weight is 262 g/mol. The van der Waals surface area contributed by atoms with Crippen LogP contribution in [-0.4, -0.2) is 31.3 Å². The number of hydrogen-bond acceptors (Lipinski definition) is 4. The highest BCUT2D eigenvalue weighted by Crippen LogP contribution is 2.34. The van der Waals surface area contributed by atoms with Gasteiger partial charge < -0.3 is 20.1 Å². The highest BCUT2D eigenvalue weighted by Gasteiger charge is 2.40. The van der Waals surface area contributed by atoms with Crippen LogP contribution >= 0.6 is 0 Å². The van der Waals surface area contributed by atoms with Crippen LogP contribution < -0.4 is 20.1 Å². The van der Waals surface area contributed by atoms with Crippen molar-refractivity contribution in [2.75, 3.05) is 19.7 Å². The molecule has 102 valence electrons. The smallest absolute Gasteiger partial charge is 0.258 e. The van der Waals surface area contributed by atoms with Gasteiger partial charge in [0.2, 0.25) is 0 Å². The molecular formula is C14H18N2O3. The van der Waals surface area contributed by atoms with Crippen LogP contribution in [0.25, 0.3) is 0 Å². The van der Waals surface area contributed by atoms with Crippen LogP contribution in [0.5, 0.6) is 11.5 Å². The molecule has 0 aromatic heterocycles. The maximum Gasteiger partial charge on any atom is 0.258 e. The molecule has 1 spiro atoms. The van der Waals surface area contributed by atoms with E-state index in [1.54, 1.807) is 6.07 Å². The molecular weight excluding hydrogens is 244 g/mol. The van der Waals surface area contributed by atoms with E-state index in [-0.39, 0.29) is 5.91 Å². The van der Waals surface area contributed by atoms with E-state index in [0.717, 1.165) is 25.9 Å². The molecule has 2 N–H and O–H groups in total. The molecule has 1 aromatic rings. The zero-order valence-corrected chi connectivity index (χ0v) is 11.0. The Hall–Kier alpha value is -1.75. The molecule has 0 atom stereocenters. The Morgan fingerprint density at radius 1 is 1.37 bits per heavy atom. The number of benzene rings is 1. The maximum absolute atomic E-state index is 12.2. The number of fused-ring (bicyclic) bond motifs is 1. The first-order valence-corrected chi connectivity index (χ1v) is 6.71. The second-order valence-corrected chi connectivity index (χ2v) is 4.89. The number of hydrogen-bond donors (Lipinski definition) is 2. The standard InChI is InChI=1S/C14H18N2O3/c1-2-18-10-3-4-12-11(9-10)13(17)16-14(19-12)5-7-15-8-6-14/h3-4,9,15H,2,5-8H2,1H3,(H,16,17). The third-order valence-electron chi connectivity index (χ3n) is 3.56.